The number of benzene rings is 1. The van der Waals surface area contributed by atoms with E-state index in [0.717, 1.165) is 31.6 Å². The first-order valence-corrected chi connectivity index (χ1v) is 6.81. The second kappa shape index (κ2) is 5.92. The maximum atomic E-state index is 5.69. The zero-order chi connectivity index (χ0) is 13.8. The molecular weight excluding hydrogens is 256 g/mol. The first-order valence-electron chi connectivity index (χ1n) is 6.81. The topological polar surface area (TPSA) is 77.4 Å². The Morgan fingerprint density at radius 1 is 1.05 bits per heavy atom. The van der Waals surface area contributed by atoms with Gasteiger partial charge in [-0.3, -0.25) is 0 Å². The van der Waals surface area contributed by atoms with Crippen LogP contribution in [0.2, 0.25) is 0 Å². The van der Waals surface area contributed by atoms with Crippen molar-refractivity contribution in [3.63, 3.8) is 0 Å². The Morgan fingerprint density at radius 2 is 1.80 bits per heavy atom. The van der Waals surface area contributed by atoms with E-state index in [1.54, 1.807) is 0 Å². The lowest BCUT2D eigenvalue weighted by molar-refractivity contribution is 0.120. The van der Waals surface area contributed by atoms with Gasteiger partial charge >= 0.3 is 6.01 Å². The van der Waals surface area contributed by atoms with Crippen molar-refractivity contribution in [2.75, 3.05) is 36.9 Å². The van der Waals surface area contributed by atoms with Gasteiger partial charge in [0, 0.05) is 25.2 Å². The van der Waals surface area contributed by atoms with E-state index in [1.165, 1.54) is 5.56 Å². The van der Waals surface area contributed by atoms with Crippen LogP contribution in [0.4, 0.5) is 11.7 Å². The van der Waals surface area contributed by atoms with Crippen molar-refractivity contribution in [3.8, 4) is 0 Å². The van der Waals surface area contributed by atoms with Gasteiger partial charge in [-0.05, 0) is 24.1 Å². The average Bonchev–Trinajstić information content (AvgIpc) is 2.97. The minimum atomic E-state index is 0.598. The Morgan fingerprint density at radius 3 is 2.55 bits per heavy atom. The molecule has 1 aliphatic rings. The summed E-state index contributed by atoms with van der Waals surface area (Å²) in [5.41, 5.74) is 7.66. The molecule has 6 nitrogen and oxygen atoms in total. The lowest BCUT2D eigenvalue weighted by Gasteiger charge is -2.24. The molecule has 2 N–H and O–H groups in total. The molecule has 1 aromatic carbocycles. The van der Waals surface area contributed by atoms with Crippen LogP contribution in [0, 0.1) is 0 Å². The Hall–Kier alpha value is -2.08. The van der Waals surface area contributed by atoms with Crippen LogP contribution in [-0.2, 0) is 17.6 Å². The number of aromatic nitrogens is 2. The van der Waals surface area contributed by atoms with E-state index in [9.17, 15) is 0 Å². The van der Waals surface area contributed by atoms with E-state index >= 15 is 0 Å². The molecule has 0 atom stereocenters. The standard InChI is InChI=1S/C14H18N4O2/c15-12-4-1-11(2-5-12)3-6-13-16-17-14(20-13)18-7-9-19-10-8-18/h1-2,4-5H,3,6-10,15H2. The lowest BCUT2D eigenvalue weighted by Crippen LogP contribution is -2.36. The fraction of sp³-hybridized carbons (Fsp3) is 0.429. The lowest BCUT2D eigenvalue weighted by atomic mass is 10.1. The summed E-state index contributed by atoms with van der Waals surface area (Å²) in [4.78, 5) is 2.06. The quantitative estimate of drug-likeness (QED) is 0.846. The number of ether oxygens (including phenoxy) is 1. The Labute approximate surface area is 117 Å². The van der Waals surface area contributed by atoms with Crippen molar-refractivity contribution < 1.29 is 9.15 Å². The van der Waals surface area contributed by atoms with Crippen LogP contribution in [0.5, 0.6) is 0 Å². The van der Waals surface area contributed by atoms with Gasteiger partial charge in [0.2, 0.25) is 5.89 Å². The van der Waals surface area contributed by atoms with Gasteiger partial charge in [0.25, 0.3) is 0 Å². The summed E-state index contributed by atoms with van der Waals surface area (Å²) in [7, 11) is 0. The third kappa shape index (κ3) is 3.08. The Kier molecular flexibility index (Phi) is 3.83. The van der Waals surface area contributed by atoms with E-state index in [2.05, 4.69) is 15.1 Å². The molecule has 1 saturated heterocycles. The summed E-state index contributed by atoms with van der Waals surface area (Å²) in [6, 6.07) is 8.45. The minimum Gasteiger partial charge on any atom is -0.408 e. The van der Waals surface area contributed by atoms with Gasteiger partial charge in [-0.1, -0.05) is 17.2 Å². The second-order valence-corrected chi connectivity index (χ2v) is 4.82. The monoisotopic (exact) mass is 274 g/mol. The number of hydrogen-bond acceptors (Lipinski definition) is 6. The highest BCUT2D eigenvalue weighted by atomic mass is 16.5. The molecule has 2 aromatic rings. The molecule has 0 aliphatic carbocycles. The summed E-state index contributed by atoms with van der Waals surface area (Å²) < 4.78 is 11.0. The number of hydrogen-bond donors (Lipinski definition) is 1. The van der Waals surface area contributed by atoms with Crippen molar-refractivity contribution in [2.45, 2.75) is 12.8 Å². The zero-order valence-corrected chi connectivity index (χ0v) is 11.3. The van der Waals surface area contributed by atoms with Crippen LogP contribution in [-0.4, -0.2) is 36.5 Å². The van der Waals surface area contributed by atoms with E-state index in [1.807, 2.05) is 24.3 Å². The molecule has 0 spiro atoms. The third-order valence-electron chi connectivity index (χ3n) is 3.35. The number of nitrogen functional groups attached to an aromatic ring is 1. The fourth-order valence-corrected chi connectivity index (χ4v) is 2.16. The number of morpholine rings is 1. The maximum absolute atomic E-state index is 5.69. The molecule has 0 bridgehead atoms. The van der Waals surface area contributed by atoms with Crippen molar-refractivity contribution >= 4 is 11.7 Å². The highest BCUT2D eigenvalue weighted by molar-refractivity contribution is 5.39. The van der Waals surface area contributed by atoms with Gasteiger partial charge in [-0.15, -0.1) is 5.10 Å². The van der Waals surface area contributed by atoms with Crippen LogP contribution in [0.1, 0.15) is 11.5 Å². The van der Waals surface area contributed by atoms with E-state index in [4.69, 9.17) is 14.9 Å². The number of nitrogens with two attached hydrogens (primary N) is 1. The van der Waals surface area contributed by atoms with Crippen molar-refractivity contribution in [1.82, 2.24) is 10.2 Å². The van der Waals surface area contributed by atoms with Gasteiger partial charge < -0.3 is 19.8 Å². The summed E-state index contributed by atoms with van der Waals surface area (Å²) in [5.74, 6) is 0.670. The fourth-order valence-electron chi connectivity index (χ4n) is 2.16. The van der Waals surface area contributed by atoms with Gasteiger partial charge in [0.05, 0.1) is 13.2 Å². The van der Waals surface area contributed by atoms with Crippen molar-refractivity contribution in [2.24, 2.45) is 0 Å². The summed E-state index contributed by atoms with van der Waals surface area (Å²) >= 11 is 0. The highest BCUT2D eigenvalue weighted by Crippen LogP contribution is 2.15. The molecule has 1 aliphatic heterocycles. The average molecular weight is 274 g/mol. The third-order valence-corrected chi connectivity index (χ3v) is 3.35. The molecule has 6 heteroatoms. The Bertz CT molecular complexity index is 547. The molecule has 1 aromatic heterocycles. The molecule has 106 valence electrons. The number of aryl methyl sites for hydroxylation is 2. The predicted octanol–water partition coefficient (Wildman–Crippen LogP) is 1.27. The second-order valence-electron chi connectivity index (χ2n) is 4.82. The van der Waals surface area contributed by atoms with Gasteiger partial charge in [0.1, 0.15) is 0 Å². The van der Waals surface area contributed by atoms with Crippen LogP contribution >= 0.6 is 0 Å². The largest absolute Gasteiger partial charge is 0.408 e. The van der Waals surface area contributed by atoms with Gasteiger partial charge in [-0.2, -0.15) is 0 Å². The first-order chi connectivity index (χ1) is 9.81. The summed E-state index contributed by atoms with van der Waals surface area (Å²) in [6.07, 6.45) is 1.60. The molecule has 0 radical (unpaired) electrons. The first kappa shape index (κ1) is 12.9. The SMILES string of the molecule is Nc1ccc(CCc2nnc(N3CCOCC3)o2)cc1. The zero-order valence-electron chi connectivity index (χ0n) is 11.3. The van der Waals surface area contributed by atoms with E-state index in [-0.39, 0.29) is 0 Å². The van der Waals surface area contributed by atoms with Crippen LogP contribution in [0.25, 0.3) is 0 Å². The normalized spacial score (nSPS) is 15.5. The molecular formula is C14H18N4O2. The van der Waals surface area contributed by atoms with Crippen LogP contribution < -0.4 is 10.6 Å². The Balaban J connectivity index is 1.58. The molecule has 2 heterocycles. The van der Waals surface area contributed by atoms with Crippen LogP contribution in [0.15, 0.2) is 28.7 Å². The summed E-state index contributed by atoms with van der Waals surface area (Å²) in [6.45, 7) is 3.03. The van der Waals surface area contributed by atoms with Gasteiger partial charge in [-0.25, -0.2) is 0 Å². The molecule has 20 heavy (non-hydrogen) atoms. The van der Waals surface area contributed by atoms with Crippen molar-refractivity contribution in [1.29, 1.82) is 0 Å². The molecule has 0 saturated carbocycles. The van der Waals surface area contributed by atoms with E-state index < -0.39 is 0 Å². The van der Waals surface area contributed by atoms with E-state index in [0.29, 0.717) is 25.1 Å². The van der Waals surface area contributed by atoms with Crippen LogP contribution in [0.3, 0.4) is 0 Å². The minimum absolute atomic E-state index is 0.598. The highest BCUT2D eigenvalue weighted by Gasteiger charge is 2.17. The molecule has 3 rings (SSSR count). The smallest absolute Gasteiger partial charge is 0.318 e. The molecule has 1 fully saturated rings. The van der Waals surface area contributed by atoms with Gasteiger partial charge in [0.15, 0.2) is 0 Å². The number of rotatable bonds is 4. The number of nitrogens with zero attached hydrogens (tertiary/aromatic N) is 3. The maximum Gasteiger partial charge on any atom is 0.318 e. The molecule has 0 amide bonds. The number of anilines is 2. The van der Waals surface area contributed by atoms with Crippen molar-refractivity contribution in [3.05, 3.63) is 35.7 Å². The molecule has 0 unspecified atom stereocenters. The summed E-state index contributed by atoms with van der Waals surface area (Å²) in [5, 5.41) is 8.20. The predicted molar refractivity (Wildman–Crippen MR) is 75.6 cm³/mol.